The van der Waals surface area contributed by atoms with Crippen LogP contribution < -0.4 is 5.73 Å². The molecule has 0 fully saturated rings. The van der Waals surface area contributed by atoms with Gasteiger partial charge in [-0.3, -0.25) is 4.79 Å². The molecule has 0 amide bonds. The normalized spacial score (nSPS) is 12.7. The van der Waals surface area contributed by atoms with E-state index in [2.05, 4.69) is 6.92 Å². The minimum absolute atomic E-state index is 0.101. The van der Waals surface area contributed by atoms with Crippen molar-refractivity contribution in [3.8, 4) is 0 Å². The summed E-state index contributed by atoms with van der Waals surface area (Å²) in [6.07, 6.45) is 4.73. The molecule has 0 saturated heterocycles. The van der Waals surface area contributed by atoms with Crippen molar-refractivity contribution in [2.45, 2.75) is 46.0 Å². The van der Waals surface area contributed by atoms with Gasteiger partial charge in [0, 0.05) is 11.8 Å². The van der Waals surface area contributed by atoms with Gasteiger partial charge in [-0.15, -0.1) is 0 Å². The predicted molar refractivity (Wildman–Crippen MR) is 86.6 cm³/mol. The van der Waals surface area contributed by atoms with Crippen molar-refractivity contribution >= 4 is 16.8 Å². The first-order valence-corrected chi connectivity index (χ1v) is 7.88. The highest BCUT2D eigenvalue weighted by atomic mass is 16.3. The van der Waals surface area contributed by atoms with Crippen molar-refractivity contribution < 1.29 is 9.21 Å². The third kappa shape index (κ3) is 3.94. The molecule has 1 aromatic carbocycles. The zero-order valence-electron chi connectivity index (χ0n) is 13.0. The average Bonchev–Trinajstić information content (AvgIpc) is 2.90. The van der Waals surface area contributed by atoms with E-state index in [0.29, 0.717) is 24.6 Å². The number of aryl methyl sites for hydroxylation is 1. The number of hydrogen-bond donors (Lipinski definition) is 1. The molecule has 0 bridgehead atoms. The standard InChI is InChI=1S/C18H25NO2/c1-3-5-14(10-11-19)8-9-16(20)17-12-15-7-4-6-13(2)18(15)21-17/h4,6-7,12,14H,3,5,8-11,19H2,1-2H3. The Balaban J connectivity index is 2.03. The van der Waals surface area contributed by atoms with E-state index in [1.807, 2.05) is 31.2 Å². The minimum Gasteiger partial charge on any atom is -0.453 e. The van der Waals surface area contributed by atoms with Gasteiger partial charge in [0.2, 0.25) is 0 Å². The summed E-state index contributed by atoms with van der Waals surface area (Å²) in [4.78, 5) is 12.3. The molecule has 0 radical (unpaired) electrons. The Morgan fingerprint density at radius 2 is 2.10 bits per heavy atom. The first kappa shape index (κ1) is 15.8. The summed E-state index contributed by atoms with van der Waals surface area (Å²) in [7, 11) is 0. The second-order valence-corrected chi connectivity index (χ2v) is 5.80. The molecule has 2 N–H and O–H groups in total. The van der Waals surface area contributed by atoms with Crippen molar-refractivity contribution in [2.24, 2.45) is 11.7 Å². The van der Waals surface area contributed by atoms with Crippen LogP contribution in [0.3, 0.4) is 0 Å². The molecule has 21 heavy (non-hydrogen) atoms. The Hall–Kier alpha value is -1.61. The highest BCUT2D eigenvalue weighted by Crippen LogP contribution is 2.25. The maximum atomic E-state index is 12.3. The summed E-state index contributed by atoms with van der Waals surface area (Å²) >= 11 is 0. The number of carbonyl (C=O) groups excluding carboxylic acids is 1. The highest BCUT2D eigenvalue weighted by Gasteiger charge is 2.15. The summed E-state index contributed by atoms with van der Waals surface area (Å²) < 4.78 is 5.74. The Kier molecular flexibility index (Phi) is 5.57. The molecule has 1 heterocycles. The lowest BCUT2D eigenvalue weighted by Crippen LogP contribution is -2.10. The number of ketones is 1. The van der Waals surface area contributed by atoms with Crippen molar-refractivity contribution in [3.05, 3.63) is 35.6 Å². The Morgan fingerprint density at radius 1 is 1.29 bits per heavy atom. The van der Waals surface area contributed by atoms with E-state index in [4.69, 9.17) is 10.2 Å². The van der Waals surface area contributed by atoms with E-state index in [1.54, 1.807) is 0 Å². The third-order valence-corrected chi connectivity index (χ3v) is 4.07. The molecular weight excluding hydrogens is 262 g/mol. The number of benzene rings is 1. The zero-order valence-corrected chi connectivity index (χ0v) is 13.0. The fraction of sp³-hybridized carbons (Fsp3) is 0.500. The van der Waals surface area contributed by atoms with Crippen LogP contribution in [0.25, 0.3) is 11.0 Å². The van der Waals surface area contributed by atoms with Crippen LogP contribution in [0, 0.1) is 12.8 Å². The molecule has 114 valence electrons. The van der Waals surface area contributed by atoms with Gasteiger partial charge in [0.15, 0.2) is 11.5 Å². The summed E-state index contributed by atoms with van der Waals surface area (Å²) in [5, 5.41) is 1.01. The number of Topliss-reactive ketones (excluding diaryl/α,β-unsaturated/α-hetero) is 1. The Morgan fingerprint density at radius 3 is 2.76 bits per heavy atom. The van der Waals surface area contributed by atoms with Gasteiger partial charge >= 0.3 is 0 Å². The van der Waals surface area contributed by atoms with Crippen LogP contribution in [0.5, 0.6) is 0 Å². The molecule has 3 nitrogen and oxygen atoms in total. The number of para-hydroxylation sites is 1. The molecule has 1 atom stereocenters. The number of rotatable bonds is 8. The number of fused-ring (bicyclic) bond motifs is 1. The zero-order chi connectivity index (χ0) is 15.2. The van der Waals surface area contributed by atoms with Crippen LogP contribution in [-0.4, -0.2) is 12.3 Å². The van der Waals surface area contributed by atoms with Crippen molar-refractivity contribution in [2.75, 3.05) is 6.54 Å². The smallest absolute Gasteiger partial charge is 0.198 e. The largest absolute Gasteiger partial charge is 0.453 e. The lowest BCUT2D eigenvalue weighted by atomic mass is 9.93. The van der Waals surface area contributed by atoms with Gasteiger partial charge in [0.1, 0.15) is 5.58 Å². The summed E-state index contributed by atoms with van der Waals surface area (Å²) in [6.45, 7) is 4.87. The third-order valence-electron chi connectivity index (χ3n) is 4.07. The molecule has 0 aliphatic rings. The van der Waals surface area contributed by atoms with Gasteiger partial charge in [-0.2, -0.15) is 0 Å². The topological polar surface area (TPSA) is 56.2 Å². The molecule has 1 unspecified atom stereocenters. The Bertz CT molecular complexity index is 594. The molecule has 0 aliphatic carbocycles. The van der Waals surface area contributed by atoms with Gasteiger partial charge in [-0.1, -0.05) is 38.0 Å². The first-order valence-electron chi connectivity index (χ1n) is 7.88. The molecule has 2 aromatic rings. The molecule has 3 heteroatoms. The fourth-order valence-electron chi connectivity index (χ4n) is 2.88. The fourth-order valence-corrected chi connectivity index (χ4v) is 2.88. The van der Waals surface area contributed by atoms with Crippen molar-refractivity contribution in [1.82, 2.24) is 0 Å². The first-order chi connectivity index (χ1) is 10.2. The minimum atomic E-state index is 0.101. The van der Waals surface area contributed by atoms with E-state index in [9.17, 15) is 4.79 Å². The van der Waals surface area contributed by atoms with Gasteiger partial charge in [-0.05, 0) is 43.9 Å². The van der Waals surface area contributed by atoms with E-state index in [-0.39, 0.29) is 5.78 Å². The van der Waals surface area contributed by atoms with Crippen LogP contribution in [0.1, 0.15) is 55.1 Å². The summed E-state index contributed by atoms with van der Waals surface area (Å²) in [5.41, 5.74) is 7.54. The predicted octanol–water partition coefficient (Wildman–Crippen LogP) is 4.47. The van der Waals surface area contributed by atoms with E-state index >= 15 is 0 Å². The second kappa shape index (κ2) is 7.41. The van der Waals surface area contributed by atoms with Crippen LogP contribution in [0.15, 0.2) is 28.7 Å². The molecule has 1 aromatic heterocycles. The molecule has 2 rings (SSSR count). The van der Waals surface area contributed by atoms with Gasteiger partial charge in [0.25, 0.3) is 0 Å². The lowest BCUT2D eigenvalue weighted by Gasteiger charge is -2.13. The van der Waals surface area contributed by atoms with E-state index < -0.39 is 0 Å². The maximum Gasteiger partial charge on any atom is 0.198 e. The maximum absolute atomic E-state index is 12.3. The van der Waals surface area contributed by atoms with Crippen molar-refractivity contribution in [1.29, 1.82) is 0 Å². The molecule has 0 saturated carbocycles. The molecule has 0 aliphatic heterocycles. The number of carbonyl (C=O) groups is 1. The number of nitrogens with two attached hydrogens (primary N) is 1. The SMILES string of the molecule is CCCC(CCN)CCC(=O)c1cc2cccc(C)c2o1. The Labute approximate surface area is 126 Å². The summed E-state index contributed by atoms with van der Waals surface area (Å²) in [5.74, 6) is 1.14. The summed E-state index contributed by atoms with van der Waals surface area (Å²) in [6, 6.07) is 7.83. The lowest BCUT2D eigenvalue weighted by molar-refractivity contribution is 0.0947. The van der Waals surface area contributed by atoms with Crippen molar-refractivity contribution in [3.63, 3.8) is 0 Å². The van der Waals surface area contributed by atoms with Crippen LogP contribution in [-0.2, 0) is 0 Å². The number of hydrogen-bond acceptors (Lipinski definition) is 3. The molecular formula is C18H25NO2. The number of furan rings is 1. The monoisotopic (exact) mass is 287 g/mol. The van der Waals surface area contributed by atoms with Gasteiger partial charge in [0.05, 0.1) is 0 Å². The van der Waals surface area contributed by atoms with Crippen LogP contribution in [0.4, 0.5) is 0 Å². The molecule has 0 spiro atoms. The van der Waals surface area contributed by atoms with E-state index in [0.717, 1.165) is 42.2 Å². The van der Waals surface area contributed by atoms with Gasteiger partial charge in [-0.25, -0.2) is 0 Å². The van der Waals surface area contributed by atoms with E-state index in [1.165, 1.54) is 0 Å². The van der Waals surface area contributed by atoms with Gasteiger partial charge < -0.3 is 10.2 Å². The van der Waals surface area contributed by atoms with Crippen LogP contribution >= 0.6 is 0 Å². The average molecular weight is 287 g/mol. The highest BCUT2D eigenvalue weighted by molar-refractivity contribution is 5.98. The quantitative estimate of drug-likeness (QED) is 0.729. The van der Waals surface area contributed by atoms with Crippen LogP contribution in [0.2, 0.25) is 0 Å². The second-order valence-electron chi connectivity index (χ2n) is 5.80.